The lowest BCUT2D eigenvalue weighted by molar-refractivity contribution is -0.139. The molecule has 0 rings (SSSR count). The van der Waals surface area contributed by atoms with Gasteiger partial charge in [0.2, 0.25) is 0 Å². The Balaban J connectivity index is 3.55. The SMILES string of the molecule is CCCC(CSCC(=O)OCC)NCC. The minimum absolute atomic E-state index is 0.103. The van der Waals surface area contributed by atoms with Gasteiger partial charge >= 0.3 is 5.97 Å². The van der Waals surface area contributed by atoms with Crippen molar-refractivity contribution in [1.82, 2.24) is 5.32 Å². The number of hydrogen-bond acceptors (Lipinski definition) is 4. The van der Waals surface area contributed by atoms with E-state index in [1.165, 1.54) is 12.8 Å². The van der Waals surface area contributed by atoms with E-state index in [4.69, 9.17) is 4.74 Å². The van der Waals surface area contributed by atoms with Gasteiger partial charge in [0, 0.05) is 11.8 Å². The summed E-state index contributed by atoms with van der Waals surface area (Å²) in [6, 6.07) is 0.527. The lowest BCUT2D eigenvalue weighted by Gasteiger charge is -2.16. The average Bonchev–Trinajstić information content (AvgIpc) is 2.19. The summed E-state index contributed by atoms with van der Waals surface area (Å²) >= 11 is 1.65. The fourth-order valence-corrected chi connectivity index (χ4v) is 2.31. The highest BCUT2D eigenvalue weighted by molar-refractivity contribution is 7.99. The van der Waals surface area contributed by atoms with Crippen LogP contribution in [0.3, 0.4) is 0 Å². The normalized spacial score (nSPS) is 12.5. The Morgan fingerprint density at radius 2 is 2.13 bits per heavy atom. The van der Waals surface area contributed by atoms with Gasteiger partial charge in [0.1, 0.15) is 0 Å². The zero-order valence-corrected chi connectivity index (χ0v) is 10.9. The molecule has 0 spiro atoms. The second kappa shape index (κ2) is 10.3. The summed E-state index contributed by atoms with van der Waals surface area (Å²) in [5.41, 5.74) is 0. The van der Waals surface area contributed by atoms with Crippen molar-refractivity contribution >= 4 is 17.7 Å². The van der Waals surface area contributed by atoms with Crippen molar-refractivity contribution in [3.8, 4) is 0 Å². The molecule has 1 N–H and O–H groups in total. The van der Waals surface area contributed by atoms with Crippen molar-refractivity contribution < 1.29 is 9.53 Å². The molecule has 0 amide bonds. The average molecular weight is 233 g/mol. The minimum atomic E-state index is -0.103. The third kappa shape index (κ3) is 8.75. The van der Waals surface area contributed by atoms with E-state index in [0.29, 0.717) is 18.4 Å². The van der Waals surface area contributed by atoms with Crippen molar-refractivity contribution in [3.63, 3.8) is 0 Å². The summed E-state index contributed by atoms with van der Waals surface area (Å²) in [5.74, 6) is 1.36. The number of ether oxygens (including phenoxy) is 1. The first-order valence-electron chi connectivity index (χ1n) is 5.71. The molecule has 0 bridgehead atoms. The Labute approximate surface area is 97.3 Å². The van der Waals surface area contributed by atoms with E-state index in [9.17, 15) is 4.79 Å². The maximum atomic E-state index is 11.1. The van der Waals surface area contributed by atoms with Gasteiger partial charge in [-0.2, -0.15) is 0 Å². The van der Waals surface area contributed by atoms with E-state index >= 15 is 0 Å². The van der Waals surface area contributed by atoms with Crippen molar-refractivity contribution in [2.75, 3.05) is 24.7 Å². The summed E-state index contributed by atoms with van der Waals surface area (Å²) in [4.78, 5) is 11.1. The number of rotatable bonds is 9. The fourth-order valence-electron chi connectivity index (χ4n) is 1.37. The Hall–Kier alpha value is -0.220. The third-order valence-corrected chi connectivity index (χ3v) is 3.05. The molecule has 90 valence electrons. The molecule has 0 radical (unpaired) electrons. The molecule has 0 saturated heterocycles. The van der Waals surface area contributed by atoms with Gasteiger partial charge in [-0.1, -0.05) is 20.3 Å². The molecule has 0 aliphatic rings. The van der Waals surface area contributed by atoms with Crippen LogP contribution in [0.2, 0.25) is 0 Å². The molecule has 0 fully saturated rings. The van der Waals surface area contributed by atoms with E-state index in [1.54, 1.807) is 11.8 Å². The molecule has 0 saturated carbocycles. The smallest absolute Gasteiger partial charge is 0.315 e. The standard InChI is InChI=1S/C11H23NO2S/c1-4-7-10(12-5-2)8-15-9-11(13)14-6-3/h10,12H,4-9H2,1-3H3. The Morgan fingerprint density at radius 1 is 1.40 bits per heavy atom. The number of nitrogens with one attached hydrogen (secondary N) is 1. The van der Waals surface area contributed by atoms with Crippen LogP contribution in [0.1, 0.15) is 33.6 Å². The van der Waals surface area contributed by atoms with Gasteiger partial charge in [-0.15, -0.1) is 11.8 Å². The lowest BCUT2D eigenvalue weighted by atomic mass is 10.2. The van der Waals surface area contributed by atoms with Crippen LogP contribution >= 0.6 is 11.8 Å². The van der Waals surface area contributed by atoms with Crippen LogP contribution in [0.4, 0.5) is 0 Å². The monoisotopic (exact) mass is 233 g/mol. The van der Waals surface area contributed by atoms with Gasteiger partial charge in [0.15, 0.2) is 0 Å². The highest BCUT2D eigenvalue weighted by Gasteiger charge is 2.08. The topological polar surface area (TPSA) is 38.3 Å². The first-order chi connectivity index (χ1) is 7.24. The highest BCUT2D eigenvalue weighted by atomic mass is 32.2. The van der Waals surface area contributed by atoms with Gasteiger partial charge in [-0.3, -0.25) is 4.79 Å². The van der Waals surface area contributed by atoms with Gasteiger partial charge in [-0.25, -0.2) is 0 Å². The molecular weight excluding hydrogens is 210 g/mol. The van der Waals surface area contributed by atoms with E-state index in [1.807, 2.05) is 6.92 Å². The molecule has 0 aromatic rings. The van der Waals surface area contributed by atoms with Crippen molar-refractivity contribution in [1.29, 1.82) is 0 Å². The van der Waals surface area contributed by atoms with Crippen molar-refractivity contribution in [2.45, 2.75) is 39.7 Å². The molecule has 1 atom stereocenters. The van der Waals surface area contributed by atoms with Crippen molar-refractivity contribution in [2.24, 2.45) is 0 Å². The zero-order valence-electron chi connectivity index (χ0n) is 10.0. The second-order valence-corrected chi connectivity index (χ2v) is 4.39. The van der Waals surface area contributed by atoms with Gasteiger partial charge < -0.3 is 10.1 Å². The summed E-state index contributed by atoms with van der Waals surface area (Å²) < 4.78 is 4.86. The predicted molar refractivity (Wildman–Crippen MR) is 66.3 cm³/mol. The summed E-state index contributed by atoms with van der Waals surface area (Å²) in [6.07, 6.45) is 2.35. The number of carbonyl (C=O) groups is 1. The van der Waals surface area contributed by atoms with Gasteiger partial charge in [0.05, 0.1) is 12.4 Å². The molecule has 0 aliphatic heterocycles. The minimum Gasteiger partial charge on any atom is -0.465 e. The number of hydrogen-bond donors (Lipinski definition) is 1. The van der Waals surface area contributed by atoms with E-state index in [2.05, 4.69) is 19.2 Å². The Bertz CT molecular complexity index is 159. The van der Waals surface area contributed by atoms with E-state index in [0.717, 1.165) is 12.3 Å². The molecule has 4 heteroatoms. The fraction of sp³-hybridized carbons (Fsp3) is 0.909. The quantitative estimate of drug-likeness (QED) is 0.619. The molecule has 0 aromatic heterocycles. The Kier molecular flexibility index (Phi) is 10.2. The van der Waals surface area contributed by atoms with E-state index in [-0.39, 0.29) is 5.97 Å². The molecule has 0 aliphatic carbocycles. The molecule has 0 heterocycles. The summed E-state index contributed by atoms with van der Waals surface area (Å²) in [7, 11) is 0. The van der Waals surface area contributed by atoms with Crippen LogP contribution < -0.4 is 5.32 Å². The maximum absolute atomic E-state index is 11.1. The van der Waals surface area contributed by atoms with Crippen molar-refractivity contribution in [3.05, 3.63) is 0 Å². The molecular formula is C11H23NO2S. The van der Waals surface area contributed by atoms with Gasteiger partial charge in [-0.05, 0) is 19.9 Å². The van der Waals surface area contributed by atoms with Crippen LogP contribution in [-0.2, 0) is 9.53 Å². The van der Waals surface area contributed by atoms with Gasteiger partial charge in [0.25, 0.3) is 0 Å². The number of esters is 1. The number of thioether (sulfide) groups is 1. The third-order valence-electron chi connectivity index (χ3n) is 1.97. The first-order valence-corrected chi connectivity index (χ1v) is 6.86. The molecule has 3 nitrogen and oxygen atoms in total. The molecule has 1 unspecified atom stereocenters. The Morgan fingerprint density at radius 3 is 2.67 bits per heavy atom. The van der Waals surface area contributed by atoms with Crippen LogP contribution in [0, 0.1) is 0 Å². The lowest BCUT2D eigenvalue weighted by Crippen LogP contribution is -2.31. The highest BCUT2D eigenvalue weighted by Crippen LogP contribution is 2.07. The molecule has 15 heavy (non-hydrogen) atoms. The van der Waals surface area contributed by atoms with Crippen LogP contribution in [0.15, 0.2) is 0 Å². The molecule has 0 aromatic carbocycles. The zero-order chi connectivity index (χ0) is 11.5. The summed E-state index contributed by atoms with van der Waals surface area (Å²) in [6.45, 7) is 7.59. The second-order valence-electron chi connectivity index (χ2n) is 3.36. The summed E-state index contributed by atoms with van der Waals surface area (Å²) in [5, 5.41) is 3.42. The maximum Gasteiger partial charge on any atom is 0.315 e. The largest absolute Gasteiger partial charge is 0.465 e. The first kappa shape index (κ1) is 14.8. The van der Waals surface area contributed by atoms with Crippen LogP contribution in [0.5, 0.6) is 0 Å². The van der Waals surface area contributed by atoms with Crippen LogP contribution in [0.25, 0.3) is 0 Å². The number of carbonyl (C=O) groups excluding carboxylic acids is 1. The van der Waals surface area contributed by atoms with Crippen LogP contribution in [-0.4, -0.2) is 36.7 Å². The predicted octanol–water partition coefficient (Wildman–Crippen LogP) is 2.06. The van der Waals surface area contributed by atoms with E-state index < -0.39 is 0 Å².